The lowest BCUT2D eigenvalue weighted by molar-refractivity contribution is 0.254. The fourth-order valence-corrected chi connectivity index (χ4v) is 2.60. The number of likely N-dealkylation sites (N-methyl/N-ethyl adjacent to an activating group) is 1. The van der Waals surface area contributed by atoms with E-state index in [4.69, 9.17) is 15.5 Å². The Morgan fingerprint density at radius 2 is 1.95 bits per heavy atom. The third-order valence-corrected chi connectivity index (χ3v) is 3.82. The molecule has 0 atom stereocenters. The van der Waals surface area contributed by atoms with E-state index in [-0.39, 0.29) is 0 Å². The van der Waals surface area contributed by atoms with Crippen molar-refractivity contribution < 1.29 is 4.74 Å². The van der Waals surface area contributed by atoms with Crippen molar-refractivity contribution >= 4 is 22.5 Å². The Labute approximate surface area is 130 Å². The van der Waals surface area contributed by atoms with Crippen LogP contribution in [0.25, 0.3) is 11.0 Å². The van der Waals surface area contributed by atoms with Crippen molar-refractivity contribution in [3.63, 3.8) is 0 Å². The predicted octanol–water partition coefficient (Wildman–Crippen LogP) is 1.75. The van der Waals surface area contributed by atoms with Gasteiger partial charge in [0.15, 0.2) is 5.82 Å². The summed E-state index contributed by atoms with van der Waals surface area (Å²) in [6.07, 6.45) is 2.38. The maximum absolute atomic E-state index is 5.91. The first-order valence-electron chi connectivity index (χ1n) is 7.73. The van der Waals surface area contributed by atoms with Crippen LogP contribution in [0, 0.1) is 0 Å². The first-order valence-corrected chi connectivity index (χ1v) is 7.73. The van der Waals surface area contributed by atoms with Gasteiger partial charge in [0.25, 0.3) is 5.88 Å². The number of hydrogen-bond donors (Lipinski definition) is 1. The van der Waals surface area contributed by atoms with Gasteiger partial charge in [0, 0.05) is 25.3 Å². The minimum atomic E-state index is 0.600. The van der Waals surface area contributed by atoms with Gasteiger partial charge in [-0.1, -0.05) is 0 Å². The summed E-state index contributed by atoms with van der Waals surface area (Å²) in [6.45, 7) is 3.46. The van der Waals surface area contributed by atoms with Crippen molar-refractivity contribution in [3.8, 4) is 5.88 Å². The first-order chi connectivity index (χ1) is 10.6. The number of aromatic nitrogens is 2. The van der Waals surface area contributed by atoms with E-state index in [1.54, 1.807) is 0 Å². The van der Waals surface area contributed by atoms with E-state index >= 15 is 0 Å². The second-order valence-electron chi connectivity index (χ2n) is 5.95. The molecule has 6 nitrogen and oxygen atoms in total. The number of hydrogen-bond acceptors (Lipinski definition) is 6. The quantitative estimate of drug-likeness (QED) is 0.849. The van der Waals surface area contributed by atoms with Crippen LogP contribution >= 0.6 is 0 Å². The molecule has 3 rings (SSSR count). The molecule has 0 aliphatic carbocycles. The molecule has 118 valence electrons. The lowest BCUT2D eigenvalue weighted by Gasteiger charge is -2.20. The van der Waals surface area contributed by atoms with Crippen LogP contribution in [-0.2, 0) is 0 Å². The highest BCUT2D eigenvalue weighted by atomic mass is 16.5. The van der Waals surface area contributed by atoms with Crippen LogP contribution in [0.4, 0.5) is 11.5 Å². The third-order valence-electron chi connectivity index (χ3n) is 3.82. The van der Waals surface area contributed by atoms with E-state index in [0.717, 1.165) is 36.5 Å². The zero-order valence-electron chi connectivity index (χ0n) is 13.2. The summed E-state index contributed by atoms with van der Waals surface area (Å²) in [4.78, 5) is 13.8. The Hall–Kier alpha value is -2.08. The Balaban J connectivity index is 1.94. The van der Waals surface area contributed by atoms with Crippen LogP contribution in [0.3, 0.4) is 0 Å². The monoisotopic (exact) mass is 301 g/mol. The van der Waals surface area contributed by atoms with Crippen LogP contribution < -0.4 is 15.4 Å². The molecular formula is C16H23N5O. The number of nitrogens with zero attached hydrogens (tertiary/aromatic N) is 4. The maximum atomic E-state index is 5.91. The molecular weight excluding hydrogens is 278 g/mol. The Bertz CT molecular complexity index is 652. The summed E-state index contributed by atoms with van der Waals surface area (Å²) in [7, 11) is 4.05. The van der Waals surface area contributed by atoms with Gasteiger partial charge in [-0.25, -0.2) is 9.97 Å². The highest BCUT2D eigenvalue weighted by molar-refractivity contribution is 5.80. The number of nitrogen functional groups attached to an aromatic ring is 1. The van der Waals surface area contributed by atoms with Crippen LogP contribution in [-0.4, -0.2) is 55.2 Å². The van der Waals surface area contributed by atoms with Crippen molar-refractivity contribution in [2.75, 3.05) is 51.0 Å². The van der Waals surface area contributed by atoms with Gasteiger partial charge in [-0.05, 0) is 45.1 Å². The molecule has 1 aromatic heterocycles. The standard InChI is InChI=1S/C16H23N5O/c1-20(2)9-10-22-16-15(21-7-3-4-8-21)18-14-11-12(17)5-6-13(14)19-16/h5-6,11H,3-4,7-10,17H2,1-2H3. The summed E-state index contributed by atoms with van der Waals surface area (Å²) in [5, 5.41) is 0. The fourth-order valence-electron chi connectivity index (χ4n) is 2.60. The highest BCUT2D eigenvalue weighted by Gasteiger charge is 2.20. The van der Waals surface area contributed by atoms with Crippen molar-refractivity contribution in [2.24, 2.45) is 0 Å². The van der Waals surface area contributed by atoms with Crippen molar-refractivity contribution in [2.45, 2.75) is 12.8 Å². The third kappa shape index (κ3) is 3.22. The van der Waals surface area contributed by atoms with Crippen LogP contribution in [0.15, 0.2) is 18.2 Å². The normalized spacial score (nSPS) is 15.0. The molecule has 6 heteroatoms. The van der Waals surface area contributed by atoms with Crippen molar-refractivity contribution in [1.29, 1.82) is 0 Å². The first kappa shape index (κ1) is 14.8. The maximum Gasteiger partial charge on any atom is 0.258 e. The summed E-state index contributed by atoms with van der Waals surface area (Å²) in [5.74, 6) is 1.47. The summed E-state index contributed by atoms with van der Waals surface area (Å²) in [6, 6.07) is 5.60. The zero-order chi connectivity index (χ0) is 15.5. The molecule has 1 aromatic carbocycles. The average Bonchev–Trinajstić information content (AvgIpc) is 3.00. The predicted molar refractivity (Wildman–Crippen MR) is 89.4 cm³/mol. The Morgan fingerprint density at radius 1 is 1.18 bits per heavy atom. The number of fused-ring (bicyclic) bond motifs is 1. The number of nitrogens with two attached hydrogens (primary N) is 1. The number of ether oxygens (including phenoxy) is 1. The number of benzene rings is 1. The molecule has 1 aliphatic heterocycles. The van der Waals surface area contributed by atoms with E-state index in [9.17, 15) is 0 Å². The van der Waals surface area contributed by atoms with Gasteiger partial charge in [0.2, 0.25) is 0 Å². The summed E-state index contributed by atoms with van der Waals surface area (Å²) >= 11 is 0. The molecule has 2 N–H and O–H groups in total. The smallest absolute Gasteiger partial charge is 0.258 e. The van der Waals surface area contributed by atoms with Gasteiger partial charge in [-0.2, -0.15) is 0 Å². The molecule has 0 unspecified atom stereocenters. The van der Waals surface area contributed by atoms with Gasteiger partial charge in [0.1, 0.15) is 6.61 Å². The van der Waals surface area contributed by atoms with Crippen LogP contribution in [0.2, 0.25) is 0 Å². The van der Waals surface area contributed by atoms with Gasteiger partial charge in [-0.15, -0.1) is 0 Å². The Morgan fingerprint density at radius 3 is 2.68 bits per heavy atom. The largest absolute Gasteiger partial charge is 0.474 e. The molecule has 0 saturated carbocycles. The second-order valence-corrected chi connectivity index (χ2v) is 5.95. The van der Waals surface area contributed by atoms with Gasteiger partial charge in [-0.3, -0.25) is 0 Å². The topological polar surface area (TPSA) is 67.5 Å². The van der Waals surface area contributed by atoms with E-state index in [2.05, 4.69) is 14.8 Å². The number of rotatable bonds is 5. The summed E-state index contributed by atoms with van der Waals surface area (Å²) < 4.78 is 5.91. The molecule has 22 heavy (non-hydrogen) atoms. The molecule has 0 spiro atoms. The molecule has 1 fully saturated rings. The molecule has 1 saturated heterocycles. The Kier molecular flexibility index (Phi) is 4.29. The molecule has 2 heterocycles. The molecule has 2 aromatic rings. The van der Waals surface area contributed by atoms with Crippen LogP contribution in [0.5, 0.6) is 5.88 Å². The lowest BCUT2D eigenvalue weighted by Crippen LogP contribution is -2.23. The van der Waals surface area contributed by atoms with Gasteiger partial charge < -0.3 is 20.3 Å². The fraction of sp³-hybridized carbons (Fsp3) is 0.500. The minimum Gasteiger partial charge on any atom is -0.474 e. The number of anilines is 2. The van der Waals surface area contributed by atoms with Crippen molar-refractivity contribution in [1.82, 2.24) is 14.9 Å². The van der Waals surface area contributed by atoms with Crippen LogP contribution in [0.1, 0.15) is 12.8 Å². The molecule has 1 aliphatic rings. The zero-order valence-corrected chi connectivity index (χ0v) is 13.2. The van der Waals surface area contributed by atoms with Gasteiger partial charge >= 0.3 is 0 Å². The van der Waals surface area contributed by atoms with E-state index in [0.29, 0.717) is 18.2 Å². The molecule has 0 bridgehead atoms. The lowest BCUT2D eigenvalue weighted by atomic mass is 10.2. The molecule has 0 radical (unpaired) electrons. The van der Waals surface area contributed by atoms with E-state index in [1.807, 2.05) is 32.3 Å². The van der Waals surface area contributed by atoms with E-state index < -0.39 is 0 Å². The molecule has 0 amide bonds. The highest BCUT2D eigenvalue weighted by Crippen LogP contribution is 2.30. The summed E-state index contributed by atoms with van der Waals surface area (Å²) in [5.41, 5.74) is 8.20. The van der Waals surface area contributed by atoms with Crippen molar-refractivity contribution in [3.05, 3.63) is 18.2 Å². The van der Waals surface area contributed by atoms with E-state index in [1.165, 1.54) is 12.8 Å². The minimum absolute atomic E-state index is 0.600. The SMILES string of the molecule is CN(C)CCOc1nc2ccc(N)cc2nc1N1CCCC1. The average molecular weight is 301 g/mol. The second kappa shape index (κ2) is 6.36. The van der Waals surface area contributed by atoms with Gasteiger partial charge in [0.05, 0.1) is 11.0 Å².